The van der Waals surface area contributed by atoms with Crippen LogP contribution in [0.15, 0.2) is 18.2 Å². The van der Waals surface area contributed by atoms with E-state index in [4.69, 9.17) is 17.0 Å². The number of hydrogen-bond donors (Lipinski definition) is 1. The molecule has 2 aromatic rings. The average Bonchev–Trinajstić information content (AvgIpc) is 2.56. The second-order valence-electron chi connectivity index (χ2n) is 4.50. The molecule has 0 radical (unpaired) electrons. The number of aromatic nitrogens is 2. The van der Waals surface area contributed by atoms with Crippen LogP contribution in [0.2, 0.25) is 5.02 Å². The number of fused-ring (bicyclic) bond motifs is 2. The normalized spacial score (nSPS) is 15.6. The number of hydrogen-bond acceptors (Lipinski definition) is 2. The van der Waals surface area contributed by atoms with E-state index in [2.05, 4.69) is 4.98 Å². The lowest BCUT2D eigenvalue weighted by molar-refractivity contribution is 0.602. The predicted octanol–water partition coefficient (Wildman–Crippen LogP) is 2.90. The molecule has 0 saturated carbocycles. The summed E-state index contributed by atoms with van der Waals surface area (Å²) in [6, 6.07) is 5.58. The standard InChI is InChI=1S/C13H14ClN3/c14-9-5-6-11-10(8-9)13(15)17-7-3-1-2-4-12(17)16-11/h5-6,8,15H,1-4,7H2. The van der Waals surface area contributed by atoms with Gasteiger partial charge in [0.05, 0.1) is 5.52 Å². The van der Waals surface area contributed by atoms with Gasteiger partial charge in [-0.1, -0.05) is 18.0 Å². The van der Waals surface area contributed by atoms with E-state index in [1.165, 1.54) is 12.8 Å². The molecule has 2 heterocycles. The Balaban J connectivity index is 2.33. The summed E-state index contributed by atoms with van der Waals surface area (Å²) in [5, 5.41) is 9.79. The van der Waals surface area contributed by atoms with Crippen LogP contribution in [-0.4, -0.2) is 9.55 Å². The smallest absolute Gasteiger partial charge is 0.135 e. The number of halogens is 1. The first kappa shape index (κ1) is 10.8. The highest BCUT2D eigenvalue weighted by atomic mass is 35.5. The molecule has 1 N–H and O–H groups in total. The van der Waals surface area contributed by atoms with Gasteiger partial charge in [-0.2, -0.15) is 0 Å². The molecule has 4 heteroatoms. The second-order valence-corrected chi connectivity index (χ2v) is 4.94. The third-order valence-corrected chi connectivity index (χ3v) is 3.56. The molecule has 88 valence electrons. The zero-order chi connectivity index (χ0) is 11.8. The molecular weight excluding hydrogens is 234 g/mol. The number of nitrogens with zero attached hydrogens (tertiary/aromatic N) is 2. The molecule has 0 amide bonds. The summed E-state index contributed by atoms with van der Waals surface area (Å²) >= 11 is 5.99. The Bertz CT molecular complexity index is 630. The van der Waals surface area contributed by atoms with Crippen LogP contribution in [0.4, 0.5) is 0 Å². The van der Waals surface area contributed by atoms with E-state index in [1.54, 1.807) is 0 Å². The molecular formula is C13H14ClN3. The zero-order valence-electron chi connectivity index (χ0n) is 9.54. The SMILES string of the molecule is N=c1c2cc(Cl)ccc2nc2n1CCCCC2. The minimum atomic E-state index is 0.550. The van der Waals surface area contributed by atoms with E-state index >= 15 is 0 Å². The van der Waals surface area contributed by atoms with Crippen LogP contribution < -0.4 is 5.49 Å². The van der Waals surface area contributed by atoms with Crippen molar-refractivity contribution in [2.45, 2.75) is 32.2 Å². The third kappa shape index (κ3) is 1.84. The van der Waals surface area contributed by atoms with E-state index < -0.39 is 0 Å². The molecule has 0 unspecified atom stereocenters. The molecule has 3 rings (SSSR count). The molecule has 17 heavy (non-hydrogen) atoms. The van der Waals surface area contributed by atoms with Gasteiger partial charge in [-0.15, -0.1) is 0 Å². The fourth-order valence-electron chi connectivity index (χ4n) is 2.43. The molecule has 0 spiro atoms. The number of benzene rings is 1. The summed E-state index contributed by atoms with van der Waals surface area (Å²) < 4.78 is 2.03. The maximum atomic E-state index is 8.28. The first-order valence-electron chi connectivity index (χ1n) is 5.99. The van der Waals surface area contributed by atoms with Gasteiger partial charge >= 0.3 is 0 Å². The van der Waals surface area contributed by atoms with Crippen LogP contribution in [-0.2, 0) is 13.0 Å². The van der Waals surface area contributed by atoms with Gasteiger partial charge < -0.3 is 4.57 Å². The monoisotopic (exact) mass is 247 g/mol. The Kier molecular flexibility index (Phi) is 2.63. The Labute approximate surface area is 105 Å². The molecule has 1 aromatic carbocycles. The van der Waals surface area contributed by atoms with Gasteiger partial charge in [-0.3, -0.25) is 5.41 Å². The van der Waals surface area contributed by atoms with Gasteiger partial charge in [0.25, 0.3) is 0 Å². The quantitative estimate of drug-likeness (QED) is 0.764. The van der Waals surface area contributed by atoms with Crippen molar-refractivity contribution in [3.05, 3.63) is 34.5 Å². The molecule has 0 saturated heterocycles. The highest BCUT2D eigenvalue weighted by molar-refractivity contribution is 6.31. The maximum absolute atomic E-state index is 8.28. The molecule has 3 nitrogen and oxygen atoms in total. The van der Waals surface area contributed by atoms with Crippen molar-refractivity contribution < 1.29 is 0 Å². The average molecular weight is 248 g/mol. The second kappa shape index (κ2) is 4.15. The van der Waals surface area contributed by atoms with Crippen molar-refractivity contribution in [3.63, 3.8) is 0 Å². The van der Waals surface area contributed by atoms with Gasteiger partial charge in [0.15, 0.2) is 0 Å². The topological polar surface area (TPSA) is 41.7 Å². The van der Waals surface area contributed by atoms with E-state index in [1.807, 2.05) is 22.8 Å². The van der Waals surface area contributed by atoms with E-state index in [-0.39, 0.29) is 0 Å². The minimum Gasteiger partial charge on any atom is -0.314 e. The van der Waals surface area contributed by atoms with Crippen LogP contribution in [0.5, 0.6) is 0 Å². The van der Waals surface area contributed by atoms with Crippen LogP contribution in [0.1, 0.15) is 25.1 Å². The van der Waals surface area contributed by atoms with Gasteiger partial charge in [-0.05, 0) is 31.0 Å². The molecule has 1 aliphatic heterocycles. The lowest BCUT2D eigenvalue weighted by Crippen LogP contribution is -2.24. The van der Waals surface area contributed by atoms with E-state index in [9.17, 15) is 0 Å². The largest absolute Gasteiger partial charge is 0.314 e. The Morgan fingerprint density at radius 1 is 1.24 bits per heavy atom. The summed E-state index contributed by atoms with van der Waals surface area (Å²) in [5.41, 5.74) is 1.43. The Hall–Kier alpha value is -1.35. The van der Waals surface area contributed by atoms with E-state index in [0.29, 0.717) is 10.5 Å². The van der Waals surface area contributed by atoms with Crippen LogP contribution in [0, 0.1) is 5.41 Å². The van der Waals surface area contributed by atoms with E-state index in [0.717, 1.165) is 36.1 Å². The van der Waals surface area contributed by atoms with Crippen molar-refractivity contribution in [3.8, 4) is 0 Å². The molecule has 0 fully saturated rings. The first-order chi connectivity index (χ1) is 8.25. The van der Waals surface area contributed by atoms with Crippen LogP contribution >= 0.6 is 11.6 Å². The highest BCUT2D eigenvalue weighted by Gasteiger charge is 2.11. The Morgan fingerprint density at radius 2 is 2.12 bits per heavy atom. The Morgan fingerprint density at radius 3 is 3.00 bits per heavy atom. The first-order valence-corrected chi connectivity index (χ1v) is 6.37. The van der Waals surface area contributed by atoms with Crippen LogP contribution in [0.25, 0.3) is 10.9 Å². The van der Waals surface area contributed by atoms with Crippen molar-refractivity contribution >= 4 is 22.5 Å². The summed E-state index contributed by atoms with van der Waals surface area (Å²) in [4.78, 5) is 4.66. The fourth-order valence-corrected chi connectivity index (χ4v) is 2.60. The predicted molar refractivity (Wildman–Crippen MR) is 68.2 cm³/mol. The summed E-state index contributed by atoms with van der Waals surface area (Å²) in [6.45, 7) is 0.906. The number of rotatable bonds is 0. The zero-order valence-corrected chi connectivity index (χ0v) is 10.3. The van der Waals surface area contributed by atoms with Gasteiger partial charge in [0, 0.05) is 23.4 Å². The summed E-state index contributed by atoms with van der Waals surface area (Å²) in [7, 11) is 0. The molecule has 0 aliphatic carbocycles. The number of nitrogens with one attached hydrogen (secondary N) is 1. The lowest BCUT2D eigenvalue weighted by atomic mass is 10.2. The van der Waals surface area contributed by atoms with Gasteiger partial charge in [0.2, 0.25) is 0 Å². The number of aryl methyl sites for hydroxylation is 1. The fraction of sp³-hybridized carbons (Fsp3) is 0.385. The minimum absolute atomic E-state index is 0.550. The van der Waals surface area contributed by atoms with Gasteiger partial charge in [-0.25, -0.2) is 4.98 Å². The molecule has 1 aliphatic rings. The summed E-state index contributed by atoms with van der Waals surface area (Å²) in [6.07, 6.45) is 4.51. The highest BCUT2D eigenvalue weighted by Crippen LogP contribution is 2.17. The van der Waals surface area contributed by atoms with Crippen molar-refractivity contribution in [1.29, 1.82) is 5.41 Å². The van der Waals surface area contributed by atoms with Crippen molar-refractivity contribution in [2.75, 3.05) is 0 Å². The third-order valence-electron chi connectivity index (χ3n) is 3.33. The van der Waals surface area contributed by atoms with Crippen molar-refractivity contribution in [2.24, 2.45) is 0 Å². The van der Waals surface area contributed by atoms with Crippen LogP contribution in [0.3, 0.4) is 0 Å². The molecule has 0 atom stereocenters. The molecule has 1 aromatic heterocycles. The molecule has 0 bridgehead atoms. The lowest BCUT2D eigenvalue weighted by Gasteiger charge is -2.11. The van der Waals surface area contributed by atoms with Gasteiger partial charge in [0.1, 0.15) is 11.3 Å². The summed E-state index contributed by atoms with van der Waals surface area (Å²) in [5.74, 6) is 1.04. The maximum Gasteiger partial charge on any atom is 0.135 e. The van der Waals surface area contributed by atoms with Crippen molar-refractivity contribution in [1.82, 2.24) is 9.55 Å².